The van der Waals surface area contributed by atoms with Gasteiger partial charge in [0.2, 0.25) is 0 Å². The number of rotatable bonds is 3. The van der Waals surface area contributed by atoms with Gasteiger partial charge in [-0.15, -0.1) is 0 Å². The van der Waals surface area contributed by atoms with Crippen LogP contribution in [-0.4, -0.2) is 11.8 Å². The van der Waals surface area contributed by atoms with Gasteiger partial charge >= 0.3 is 0 Å². The lowest BCUT2D eigenvalue weighted by Gasteiger charge is -2.06. The first-order valence-corrected chi connectivity index (χ1v) is 7.52. The molecule has 0 aromatic heterocycles. The third-order valence-corrected chi connectivity index (χ3v) is 3.52. The second-order valence-electron chi connectivity index (χ2n) is 4.31. The second kappa shape index (κ2) is 7.77. The maximum atomic E-state index is 11.8. The van der Waals surface area contributed by atoms with Gasteiger partial charge in [-0.05, 0) is 35.9 Å². The van der Waals surface area contributed by atoms with Gasteiger partial charge in [0, 0.05) is 10.5 Å². The van der Waals surface area contributed by atoms with Crippen molar-refractivity contribution in [3.8, 4) is 0 Å². The summed E-state index contributed by atoms with van der Waals surface area (Å²) in [6, 6.07) is 14.1. The van der Waals surface area contributed by atoms with E-state index in [4.69, 9.17) is 11.6 Å². The summed E-state index contributed by atoms with van der Waals surface area (Å²) in [7, 11) is 0. The number of carbonyl (C=O) groups is 2. The van der Waals surface area contributed by atoms with Crippen LogP contribution >= 0.6 is 27.5 Å². The standard InChI is InChI=1S/C16H12BrClN2O2/c17-12-5-3-4-11(10-12)8-9-15(21)19-20-16(22)13-6-1-2-7-14(13)18/h1-10H,(H,19,21)(H,20,22)/b9-8+. The molecule has 6 heteroatoms. The van der Waals surface area contributed by atoms with E-state index in [9.17, 15) is 9.59 Å². The highest BCUT2D eigenvalue weighted by molar-refractivity contribution is 9.10. The number of hydrogen-bond acceptors (Lipinski definition) is 2. The third-order valence-electron chi connectivity index (χ3n) is 2.69. The van der Waals surface area contributed by atoms with E-state index in [0.29, 0.717) is 10.6 Å². The molecule has 0 heterocycles. The summed E-state index contributed by atoms with van der Waals surface area (Å²) in [5.74, 6) is -0.921. The number of hydrazine groups is 1. The first kappa shape index (κ1) is 16.3. The molecule has 2 aromatic carbocycles. The molecule has 0 saturated carbocycles. The zero-order chi connectivity index (χ0) is 15.9. The molecule has 0 saturated heterocycles. The minimum absolute atomic E-state index is 0.292. The smallest absolute Gasteiger partial charge is 0.268 e. The van der Waals surface area contributed by atoms with E-state index in [1.165, 1.54) is 6.08 Å². The number of nitrogens with one attached hydrogen (secondary N) is 2. The van der Waals surface area contributed by atoms with Crippen LogP contribution in [0.5, 0.6) is 0 Å². The molecule has 2 amide bonds. The predicted octanol–water partition coefficient (Wildman–Crippen LogP) is 3.58. The van der Waals surface area contributed by atoms with Crippen LogP contribution in [0.3, 0.4) is 0 Å². The van der Waals surface area contributed by atoms with Gasteiger partial charge in [-0.2, -0.15) is 0 Å². The minimum atomic E-state index is -0.477. The van der Waals surface area contributed by atoms with E-state index < -0.39 is 11.8 Å². The molecule has 0 aliphatic carbocycles. The van der Waals surface area contributed by atoms with Gasteiger partial charge in [0.1, 0.15) is 0 Å². The summed E-state index contributed by atoms with van der Waals surface area (Å²) < 4.78 is 0.919. The average molecular weight is 380 g/mol. The number of halogens is 2. The Hall–Kier alpha value is -2.11. The van der Waals surface area contributed by atoms with Crippen molar-refractivity contribution in [3.05, 3.63) is 75.2 Å². The monoisotopic (exact) mass is 378 g/mol. The topological polar surface area (TPSA) is 58.2 Å². The number of hydrogen-bond donors (Lipinski definition) is 2. The van der Waals surface area contributed by atoms with Gasteiger partial charge in [-0.25, -0.2) is 0 Å². The highest BCUT2D eigenvalue weighted by atomic mass is 79.9. The summed E-state index contributed by atoms with van der Waals surface area (Å²) in [5.41, 5.74) is 5.76. The Morgan fingerprint density at radius 1 is 1.05 bits per heavy atom. The molecule has 0 unspecified atom stereocenters. The quantitative estimate of drug-likeness (QED) is 0.632. The van der Waals surface area contributed by atoms with Crippen LogP contribution in [0.2, 0.25) is 5.02 Å². The summed E-state index contributed by atoms with van der Waals surface area (Å²) in [4.78, 5) is 23.5. The molecule has 2 rings (SSSR count). The van der Waals surface area contributed by atoms with Crippen molar-refractivity contribution in [2.45, 2.75) is 0 Å². The molecule has 0 bridgehead atoms. The van der Waals surface area contributed by atoms with Crippen molar-refractivity contribution < 1.29 is 9.59 Å². The van der Waals surface area contributed by atoms with Crippen LogP contribution in [0.25, 0.3) is 6.08 Å². The molecule has 112 valence electrons. The van der Waals surface area contributed by atoms with Gasteiger partial charge in [0.15, 0.2) is 0 Å². The minimum Gasteiger partial charge on any atom is -0.268 e. The van der Waals surface area contributed by atoms with Crippen LogP contribution < -0.4 is 10.9 Å². The fourth-order valence-corrected chi connectivity index (χ4v) is 2.29. The van der Waals surface area contributed by atoms with Gasteiger partial charge < -0.3 is 0 Å². The average Bonchev–Trinajstić information content (AvgIpc) is 2.51. The Labute approximate surface area is 141 Å². The van der Waals surface area contributed by atoms with E-state index in [0.717, 1.165) is 10.0 Å². The fourth-order valence-electron chi connectivity index (χ4n) is 1.65. The van der Waals surface area contributed by atoms with E-state index in [1.807, 2.05) is 24.3 Å². The van der Waals surface area contributed by atoms with E-state index >= 15 is 0 Å². The largest absolute Gasteiger partial charge is 0.271 e. The Morgan fingerprint density at radius 2 is 1.82 bits per heavy atom. The van der Waals surface area contributed by atoms with Crippen LogP contribution in [0.4, 0.5) is 0 Å². The van der Waals surface area contributed by atoms with Gasteiger partial charge in [0.05, 0.1) is 10.6 Å². The zero-order valence-electron chi connectivity index (χ0n) is 11.3. The van der Waals surface area contributed by atoms with E-state index in [2.05, 4.69) is 26.8 Å². The lowest BCUT2D eigenvalue weighted by Crippen LogP contribution is -2.40. The number of carbonyl (C=O) groups excluding carboxylic acids is 2. The first-order chi connectivity index (χ1) is 10.6. The molecule has 0 radical (unpaired) electrons. The molecule has 2 N–H and O–H groups in total. The molecule has 0 aliphatic heterocycles. The molecular weight excluding hydrogens is 368 g/mol. The Kier molecular flexibility index (Phi) is 5.75. The first-order valence-electron chi connectivity index (χ1n) is 6.35. The van der Waals surface area contributed by atoms with Crippen LogP contribution in [0.1, 0.15) is 15.9 Å². The SMILES string of the molecule is O=C(/C=C/c1cccc(Br)c1)NNC(=O)c1ccccc1Cl. The lowest BCUT2D eigenvalue weighted by atomic mass is 10.2. The number of amides is 2. The Morgan fingerprint density at radius 3 is 2.55 bits per heavy atom. The summed E-state index contributed by atoms with van der Waals surface area (Å²) in [5, 5.41) is 0.318. The van der Waals surface area contributed by atoms with Gasteiger partial charge in [-0.3, -0.25) is 20.4 Å². The van der Waals surface area contributed by atoms with E-state index in [1.54, 1.807) is 30.3 Å². The maximum absolute atomic E-state index is 11.8. The highest BCUT2D eigenvalue weighted by Gasteiger charge is 2.09. The number of benzene rings is 2. The summed E-state index contributed by atoms with van der Waals surface area (Å²) >= 11 is 9.25. The molecule has 2 aromatic rings. The second-order valence-corrected chi connectivity index (χ2v) is 5.63. The van der Waals surface area contributed by atoms with Crippen molar-refractivity contribution in [2.24, 2.45) is 0 Å². The Balaban J connectivity index is 1.90. The maximum Gasteiger partial charge on any atom is 0.271 e. The van der Waals surface area contributed by atoms with E-state index in [-0.39, 0.29) is 0 Å². The third kappa shape index (κ3) is 4.72. The van der Waals surface area contributed by atoms with Crippen molar-refractivity contribution in [3.63, 3.8) is 0 Å². The molecular formula is C16H12BrClN2O2. The zero-order valence-corrected chi connectivity index (χ0v) is 13.7. The lowest BCUT2D eigenvalue weighted by molar-refractivity contribution is -0.117. The molecule has 0 spiro atoms. The molecule has 0 aliphatic rings. The molecule has 0 atom stereocenters. The highest BCUT2D eigenvalue weighted by Crippen LogP contribution is 2.14. The van der Waals surface area contributed by atoms with Crippen LogP contribution in [0, 0.1) is 0 Å². The van der Waals surface area contributed by atoms with Crippen molar-refractivity contribution >= 4 is 45.4 Å². The van der Waals surface area contributed by atoms with Gasteiger partial charge in [-0.1, -0.05) is 51.8 Å². The molecule has 0 fully saturated rings. The fraction of sp³-hybridized carbons (Fsp3) is 0. The Bertz CT molecular complexity index is 732. The predicted molar refractivity (Wildman–Crippen MR) is 90.2 cm³/mol. The molecule has 4 nitrogen and oxygen atoms in total. The van der Waals surface area contributed by atoms with Crippen molar-refractivity contribution in [1.82, 2.24) is 10.9 Å². The normalized spacial score (nSPS) is 10.5. The van der Waals surface area contributed by atoms with Crippen LogP contribution in [-0.2, 0) is 4.79 Å². The summed E-state index contributed by atoms with van der Waals surface area (Å²) in [6.45, 7) is 0. The van der Waals surface area contributed by atoms with Crippen LogP contribution in [0.15, 0.2) is 59.1 Å². The summed E-state index contributed by atoms with van der Waals surface area (Å²) in [6.07, 6.45) is 2.97. The molecule has 22 heavy (non-hydrogen) atoms. The van der Waals surface area contributed by atoms with Crippen molar-refractivity contribution in [2.75, 3.05) is 0 Å². The van der Waals surface area contributed by atoms with Crippen molar-refractivity contribution in [1.29, 1.82) is 0 Å². The van der Waals surface area contributed by atoms with Gasteiger partial charge in [0.25, 0.3) is 11.8 Å².